The fourth-order valence-corrected chi connectivity index (χ4v) is 3.39. The number of hydrogen-bond donors (Lipinski definition) is 2. The lowest BCUT2D eigenvalue weighted by atomic mass is 10.0. The summed E-state index contributed by atoms with van der Waals surface area (Å²) >= 11 is 0. The number of hydrogen-bond acceptors (Lipinski definition) is 3. The van der Waals surface area contributed by atoms with Gasteiger partial charge in [-0.1, -0.05) is 44.2 Å². The van der Waals surface area contributed by atoms with E-state index in [1.807, 2.05) is 114 Å². The molecule has 174 valence electrons. The largest absolute Gasteiger partial charge is 0.377 e. The first-order valence-corrected chi connectivity index (χ1v) is 11.1. The normalized spacial score (nSPS) is 12.3. The van der Waals surface area contributed by atoms with Crippen LogP contribution in [0, 0.1) is 5.92 Å². The SMILES string of the molecule is CC(C)C(=O)Nc1ccc(N(C)C)c(CN(C(=O)NC(C)(C)C)C(C)c2ccccc2)c1. The second-order valence-corrected chi connectivity index (χ2v) is 9.78. The fraction of sp³-hybridized carbons (Fsp3) is 0.462. The number of carbonyl (C=O) groups is 2. The average Bonchev–Trinajstić information content (AvgIpc) is 2.70. The fourth-order valence-electron chi connectivity index (χ4n) is 3.39. The number of urea groups is 1. The van der Waals surface area contributed by atoms with Crippen molar-refractivity contribution in [2.24, 2.45) is 5.92 Å². The van der Waals surface area contributed by atoms with E-state index < -0.39 is 0 Å². The maximum absolute atomic E-state index is 13.3. The van der Waals surface area contributed by atoms with Crippen LogP contribution in [0.25, 0.3) is 0 Å². The highest BCUT2D eigenvalue weighted by Crippen LogP contribution is 2.29. The van der Waals surface area contributed by atoms with E-state index in [1.165, 1.54) is 0 Å². The van der Waals surface area contributed by atoms with Crippen LogP contribution >= 0.6 is 0 Å². The summed E-state index contributed by atoms with van der Waals surface area (Å²) in [5, 5.41) is 6.08. The van der Waals surface area contributed by atoms with Gasteiger partial charge >= 0.3 is 6.03 Å². The molecule has 2 aromatic carbocycles. The summed E-state index contributed by atoms with van der Waals surface area (Å²) in [7, 11) is 3.96. The Balaban J connectivity index is 2.45. The van der Waals surface area contributed by atoms with E-state index >= 15 is 0 Å². The minimum atomic E-state index is -0.358. The molecule has 1 unspecified atom stereocenters. The third-order valence-corrected chi connectivity index (χ3v) is 5.19. The van der Waals surface area contributed by atoms with Crippen molar-refractivity contribution in [3.63, 3.8) is 0 Å². The Morgan fingerprint density at radius 1 is 0.969 bits per heavy atom. The zero-order chi connectivity index (χ0) is 24.1. The highest BCUT2D eigenvalue weighted by atomic mass is 16.2. The molecule has 0 radical (unpaired) electrons. The number of rotatable bonds is 7. The van der Waals surface area contributed by atoms with Crippen LogP contribution in [0.1, 0.15) is 58.7 Å². The molecule has 0 aromatic heterocycles. The molecule has 6 heteroatoms. The molecular weight excluding hydrogens is 400 g/mol. The van der Waals surface area contributed by atoms with Gasteiger partial charge in [0.25, 0.3) is 0 Å². The first kappa shape index (κ1) is 25.2. The maximum atomic E-state index is 13.3. The second kappa shape index (κ2) is 10.5. The minimum absolute atomic E-state index is 0.0338. The van der Waals surface area contributed by atoms with Crippen molar-refractivity contribution in [2.75, 3.05) is 24.3 Å². The molecule has 3 amide bonds. The third-order valence-electron chi connectivity index (χ3n) is 5.19. The number of nitrogens with one attached hydrogen (secondary N) is 2. The van der Waals surface area contributed by atoms with Gasteiger partial charge in [-0.25, -0.2) is 4.79 Å². The molecule has 0 saturated heterocycles. The lowest BCUT2D eigenvalue weighted by Crippen LogP contribution is -2.49. The predicted molar refractivity (Wildman–Crippen MR) is 133 cm³/mol. The maximum Gasteiger partial charge on any atom is 0.318 e. The molecular formula is C26H38N4O2. The third kappa shape index (κ3) is 7.01. The van der Waals surface area contributed by atoms with Crippen molar-refractivity contribution in [2.45, 2.75) is 59.7 Å². The second-order valence-electron chi connectivity index (χ2n) is 9.78. The molecule has 0 aliphatic rings. The van der Waals surface area contributed by atoms with Gasteiger partial charge < -0.3 is 20.4 Å². The summed E-state index contributed by atoms with van der Waals surface area (Å²) in [6.07, 6.45) is 0. The number of benzene rings is 2. The van der Waals surface area contributed by atoms with Gasteiger partial charge in [-0.3, -0.25) is 4.79 Å². The molecule has 0 aliphatic carbocycles. The molecule has 6 nitrogen and oxygen atoms in total. The summed E-state index contributed by atoms with van der Waals surface area (Å²) < 4.78 is 0. The summed E-state index contributed by atoms with van der Waals surface area (Å²) in [6.45, 7) is 12.1. The number of nitrogens with zero attached hydrogens (tertiary/aromatic N) is 2. The zero-order valence-electron chi connectivity index (χ0n) is 20.7. The molecule has 0 heterocycles. The first-order valence-electron chi connectivity index (χ1n) is 11.1. The van der Waals surface area contributed by atoms with Crippen molar-refractivity contribution >= 4 is 23.3 Å². The van der Waals surface area contributed by atoms with Crippen LogP contribution in [0.2, 0.25) is 0 Å². The first-order chi connectivity index (χ1) is 14.9. The van der Waals surface area contributed by atoms with Crippen LogP contribution < -0.4 is 15.5 Å². The Hall–Kier alpha value is -3.02. The van der Waals surface area contributed by atoms with Gasteiger partial charge in [0.15, 0.2) is 0 Å². The number of anilines is 2. The standard InChI is InChI=1S/C26H38N4O2/c1-18(2)24(31)27-22-14-15-23(29(7)8)21(16-22)17-30(25(32)28-26(4,5)6)19(3)20-12-10-9-11-13-20/h9-16,18-19H,17H2,1-8H3,(H,27,31)(H,28,32). The average molecular weight is 439 g/mol. The van der Waals surface area contributed by atoms with Crippen molar-refractivity contribution in [3.05, 3.63) is 59.7 Å². The lowest BCUT2D eigenvalue weighted by molar-refractivity contribution is -0.118. The molecule has 0 spiro atoms. The van der Waals surface area contributed by atoms with Gasteiger partial charge in [0.05, 0.1) is 12.6 Å². The van der Waals surface area contributed by atoms with E-state index in [1.54, 1.807) is 0 Å². The van der Waals surface area contributed by atoms with Crippen LogP contribution in [0.15, 0.2) is 48.5 Å². The smallest absolute Gasteiger partial charge is 0.318 e. The van der Waals surface area contributed by atoms with E-state index in [9.17, 15) is 9.59 Å². The van der Waals surface area contributed by atoms with E-state index in [0.717, 1.165) is 22.5 Å². The molecule has 0 aliphatic heterocycles. The van der Waals surface area contributed by atoms with Gasteiger partial charge in [0.2, 0.25) is 5.91 Å². The van der Waals surface area contributed by atoms with E-state index in [2.05, 4.69) is 10.6 Å². The molecule has 0 saturated carbocycles. The molecule has 0 bridgehead atoms. The summed E-state index contributed by atoms with van der Waals surface area (Å²) in [4.78, 5) is 29.4. The van der Waals surface area contributed by atoms with Crippen LogP contribution in [0.4, 0.5) is 16.2 Å². The summed E-state index contributed by atoms with van der Waals surface area (Å²) in [5.41, 5.74) is 3.40. The monoisotopic (exact) mass is 438 g/mol. The van der Waals surface area contributed by atoms with Crippen molar-refractivity contribution < 1.29 is 9.59 Å². The zero-order valence-corrected chi connectivity index (χ0v) is 20.7. The summed E-state index contributed by atoms with van der Waals surface area (Å²) in [5.74, 6) is -0.146. The van der Waals surface area contributed by atoms with Gasteiger partial charge in [-0.05, 0) is 57.0 Å². The van der Waals surface area contributed by atoms with Crippen LogP contribution in [0.3, 0.4) is 0 Å². The number of amides is 3. The van der Waals surface area contributed by atoms with Crippen LogP contribution in [-0.4, -0.2) is 36.5 Å². The summed E-state index contributed by atoms with van der Waals surface area (Å²) in [6, 6.07) is 15.6. The van der Waals surface area contributed by atoms with Gasteiger partial charge in [0.1, 0.15) is 0 Å². The highest BCUT2D eigenvalue weighted by molar-refractivity contribution is 5.92. The Bertz CT molecular complexity index is 917. The van der Waals surface area contributed by atoms with Crippen LogP contribution in [-0.2, 0) is 11.3 Å². The molecule has 1 atom stereocenters. The Labute approximate surface area is 193 Å². The molecule has 2 N–H and O–H groups in total. The van der Waals surface area contributed by atoms with Gasteiger partial charge in [-0.15, -0.1) is 0 Å². The van der Waals surface area contributed by atoms with Crippen LogP contribution in [0.5, 0.6) is 0 Å². The Morgan fingerprint density at radius 3 is 2.12 bits per heavy atom. The van der Waals surface area contributed by atoms with Crippen molar-refractivity contribution in [3.8, 4) is 0 Å². The van der Waals surface area contributed by atoms with E-state index in [4.69, 9.17) is 0 Å². The molecule has 32 heavy (non-hydrogen) atoms. The Kier molecular flexibility index (Phi) is 8.31. The number of carbonyl (C=O) groups excluding carboxylic acids is 2. The highest BCUT2D eigenvalue weighted by Gasteiger charge is 2.26. The van der Waals surface area contributed by atoms with E-state index in [-0.39, 0.29) is 29.4 Å². The minimum Gasteiger partial charge on any atom is -0.377 e. The lowest BCUT2D eigenvalue weighted by Gasteiger charge is -2.34. The van der Waals surface area contributed by atoms with Gasteiger partial charge in [-0.2, -0.15) is 0 Å². The molecule has 0 fully saturated rings. The van der Waals surface area contributed by atoms with Crippen molar-refractivity contribution in [1.29, 1.82) is 0 Å². The molecule has 2 aromatic rings. The Morgan fingerprint density at radius 2 is 1.59 bits per heavy atom. The van der Waals surface area contributed by atoms with Crippen molar-refractivity contribution in [1.82, 2.24) is 10.2 Å². The predicted octanol–water partition coefficient (Wildman–Crippen LogP) is 5.42. The van der Waals surface area contributed by atoms with E-state index in [0.29, 0.717) is 6.54 Å². The quantitative estimate of drug-likeness (QED) is 0.607. The molecule has 2 rings (SSSR count). The van der Waals surface area contributed by atoms with Gasteiger partial charge in [0, 0.05) is 36.9 Å². The topological polar surface area (TPSA) is 64.7 Å².